The first kappa shape index (κ1) is 10.3. The molecular weight excluding hydrogens is 188 g/mol. The molecule has 1 heterocycles. The van der Waals surface area contributed by atoms with Crippen LogP contribution in [0.15, 0.2) is 0 Å². The van der Waals surface area contributed by atoms with Crippen LogP contribution in [-0.2, 0) is 0 Å². The highest BCUT2D eigenvalue weighted by Gasteiger charge is 2.17. The Bertz CT molecular complexity index is 309. The lowest BCUT2D eigenvalue weighted by atomic mass is 10.00. The lowest BCUT2D eigenvalue weighted by Crippen LogP contribution is -2.09. The topological polar surface area (TPSA) is 64.7 Å². The van der Waals surface area contributed by atoms with Crippen LogP contribution in [0.2, 0.25) is 0 Å². The lowest BCUT2D eigenvalue weighted by molar-refractivity contribution is 0.556. The van der Waals surface area contributed by atoms with Crippen molar-refractivity contribution in [2.24, 2.45) is 0 Å². The zero-order valence-corrected chi connectivity index (χ0v) is 9.24. The van der Waals surface area contributed by atoms with Gasteiger partial charge in [-0.2, -0.15) is 9.97 Å². The lowest BCUT2D eigenvalue weighted by Gasteiger charge is -2.12. The molecule has 2 rings (SSSR count). The SMILES string of the molecule is Cc1nc(N)nc(C2CCCCCC2)n1. The first-order valence-corrected chi connectivity index (χ1v) is 5.74. The normalized spacial score (nSPS) is 18.7. The third-order valence-electron chi connectivity index (χ3n) is 3.00. The summed E-state index contributed by atoms with van der Waals surface area (Å²) in [5.41, 5.74) is 5.64. The summed E-state index contributed by atoms with van der Waals surface area (Å²) in [4.78, 5) is 12.7. The Labute approximate surface area is 90.3 Å². The molecule has 0 radical (unpaired) electrons. The average molecular weight is 206 g/mol. The Hall–Kier alpha value is -1.19. The molecule has 1 saturated carbocycles. The molecule has 1 aliphatic carbocycles. The number of hydrogen-bond donors (Lipinski definition) is 1. The molecule has 0 atom stereocenters. The number of nitrogens with two attached hydrogens (primary N) is 1. The van der Waals surface area contributed by atoms with Crippen molar-refractivity contribution in [2.75, 3.05) is 5.73 Å². The molecule has 0 amide bonds. The molecule has 0 unspecified atom stereocenters. The average Bonchev–Trinajstić information content (AvgIpc) is 2.43. The predicted molar refractivity (Wildman–Crippen MR) is 59.4 cm³/mol. The minimum absolute atomic E-state index is 0.363. The van der Waals surface area contributed by atoms with E-state index >= 15 is 0 Å². The Morgan fingerprint density at radius 1 is 1.00 bits per heavy atom. The zero-order valence-electron chi connectivity index (χ0n) is 9.24. The molecule has 1 aromatic heterocycles. The Kier molecular flexibility index (Phi) is 3.14. The molecule has 4 nitrogen and oxygen atoms in total. The molecule has 1 aliphatic rings. The summed E-state index contributed by atoms with van der Waals surface area (Å²) in [6.07, 6.45) is 7.66. The highest BCUT2D eigenvalue weighted by molar-refractivity contribution is 5.17. The Balaban J connectivity index is 2.19. The molecule has 4 heteroatoms. The van der Waals surface area contributed by atoms with Crippen LogP contribution in [0.1, 0.15) is 56.1 Å². The molecule has 0 spiro atoms. The minimum atomic E-state index is 0.363. The van der Waals surface area contributed by atoms with Crippen LogP contribution in [0, 0.1) is 6.92 Å². The van der Waals surface area contributed by atoms with E-state index < -0.39 is 0 Å². The van der Waals surface area contributed by atoms with E-state index in [-0.39, 0.29) is 0 Å². The molecule has 82 valence electrons. The monoisotopic (exact) mass is 206 g/mol. The van der Waals surface area contributed by atoms with E-state index in [0.717, 1.165) is 11.6 Å². The maximum absolute atomic E-state index is 5.64. The maximum Gasteiger partial charge on any atom is 0.223 e. The van der Waals surface area contributed by atoms with Crippen LogP contribution in [0.4, 0.5) is 5.95 Å². The van der Waals surface area contributed by atoms with Crippen molar-refractivity contribution < 1.29 is 0 Å². The molecule has 1 fully saturated rings. The summed E-state index contributed by atoms with van der Waals surface area (Å²) in [5.74, 6) is 2.50. The van der Waals surface area contributed by atoms with Gasteiger partial charge in [-0.05, 0) is 19.8 Å². The van der Waals surface area contributed by atoms with Crippen LogP contribution in [0.3, 0.4) is 0 Å². The number of nitrogens with zero attached hydrogens (tertiary/aromatic N) is 3. The Morgan fingerprint density at radius 3 is 2.27 bits per heavy atom. The third kappa shape index (κ3) is 2.64. The van der Waals surface area contributed by atoms with E-state index in [4.69, 9.17) is 5.73 Å². The van der Waals surface area contributed by atoms with Crippen molar-refractivity contribution in [1.29, 1.82) is 0 Å². The van der Waals surface area contributed by atoms with Crippen molar-refractivity contribution in [2.45, 2.75) is 51.4 Å². The Morgan fingerprint density at radius 2 is 1.67 bits per heavy atom. The quantitative estimate of drug-likeness (QED) is 0.715. The summed E-state index contributed by atoms with van der Waals surface area (Å²) in [7, 11) is 0. The van der Waals surface area contributed by atoms with E-state index in [1.54, 1.807) is 0 Å². The van der Waals surface area contributed by atoms with Gasteiger partial charge in [-0.3, -0.25) is 0 Å². The highest BCUT2D eigenvalue weighted by Crippen LogP contribution is 2.29. The highest BCUT2D eigenvalue weighted by atomic mass is 15.1. The summed E-state index contributed by atoms with van der Waals surface area (Å²) in [6, 6.07) is 0. The van der Waals surface area contributed by atoms with Crippen LogP contribution in [0.5, 0.6) is 0 Å². The van der Waals surface area contributed by atoms with Gasteiger partial charge in [0, 0.05) is 5.92 Å². The van der Waals surface area contributed by atoms with Crippen LogP contribution in [0.25, 0.3) is 0 Å². The van der Waals surface area contributed by atoms with Gasteiger partial charge in [0.05, 0.1) is 0 Å². The van der Waals surface area contributed by atoms with Crippen LogP contribution < -0.4 is 5.73 Å². The molecule has 0 aromatic carbocycles. The van der Waals surface area contributed by atoms with Gasteiger partial charge >= 0.3 is 0 Å². The van der Waals surface area contributed by atoms with E-state index in [0.29, 0.717) is 11.9 Å². The first-order valence-electron chi connectivity index (χ1n) is 5.74. The number of aryl methyl sites for hydroxylation is 1. The van der Waals surface area contributed by atoms with Crippen molar-refractivity contribution in [3.63, 3.8) is 0 Å². The fourth-order valence-electron chi connectivity index (χ4n) is 2.24. The number of aromatic nitrogens is 3. The van der Waals surface area contributed by atoms with E-state index in [9.17, 15) is 0 Å². The van der Waals surface area contributed by atoms with Gasteiger partial charge in [0.1, 0.15) is 11.6 Å². The van der Waals surface area contributed by atoms with Gasteiger partial charge in [-0.1, -0.05) is 25.7 Å². The van der Waals surface area contributed by atoms with Crippen molar-refractivity contribution in [3.05, 3.63) is 11.6 Å². The fraction of sp³-hybridized carbons (Fsp3) is 0.727. The molecular formula is C11H18N4. The molecule has 0 aliphatic heterocycles. The third-order valence-corrected chi connectivity index (χ3v) is 3.00. The standard InChI is InChI=1S/C11H18N4/c1-8-13-10(15-11(12)14-8)9-6-4-2-3-5-7-9/h9H,2-7H2,1H3,(H2,12,13,14,15). The molecule has 0 bridgehead atoms. The van der Waals surface area contributed by atoms with Crippen molar-refractivity contribution in [1.82, 2.24) is 15.0 Å². The first-order chi connectivity index (χ1) is 7.25. The number of anilines is 1. The second-order valence-corrected chi connectivity index (χ2v) is 4.29. The van der Waals surface area contributed by atoms with E-state index in [2.05, 4.69) is 15.0 Å². The maximum atomic E-state index is 5.64. The minimum Gasteiger partial charge on any atom is -0.368 e. The number of hydrogen-bond acceptors (Lipinski definition) is 4. The summed E-state index contributed by atoms with van der Waals surface area (Å²) in [6.45, 7) is 1.87. The fourth-order valence-corrected chi connectivity index (χ4v) is 2.24. The van der Waals surface area contributed by atoms with Crippen molar-refractivity contribution in [3.8, 4) is 0 Å². The summed E-state index contributed by atoms with van der Waals surface area (Å²) < 4.78 is 0. The van der Waals surface area contributed by atoms with Gasteiger partial charge in [0.25, 0.3) is 0 Å². The summed E-state index contributed by atoms with van der Waals surface area (Å²) in [5, 5.41) is 0. The van der Waals surface area contributed by atoms with Crippen LogP contribution >= 0.6 is 0 Å². The number of rotatable bonds is 1. The van der Waals surface area contributed by atoms with Crippen LogP contribution in [-0.4, -0.2) is 15.0 Å². The number of nitrogen functional groups attached to an aromatic ring is 1. The summed E-state index contributed by atoms with van der Waals surface area (Å²) >= 11 is 0. The molecule has 15 heavy (non-hydrogen) atoms. The molecule has 0 saturated heterocycles. The molecule has 2 N–H and O–H groups in total. The molecule has 1 aromatic rings. The second kappa shape index (κ2) is 4.55. The van der Waals surface area contributed by atoms with E-state index in [1.165, 1.54) is 38.5 Å². The largest absolute Gasteiger partial charge is 0.368 e. The van der Waals surface area contributed by atoms with Gasteiger partial charge in [-0.25, -0.2) is 4.98 Å². The second-order valence-electron chi connectivity index (χ2n) is 4.29. The van der Waals surface area contributed by atoms with Crippen molar-refractivity contribution >= 4 is 5.95 Å². The van der Waals surface area contributed by atoms with Gasteiger partial charge in [0.15, 0.2) is 0 Å². The smallest absolute Gasteiger partial charge is 0.223 e. The van der Waals surface area contributed by atoms with Gasteiger partial charge in [-0.15, -0.1) is 0 Å². The zero-order chi connectivity index (χ0) is 10.7. The predicted octanol–water partition coefficient (Wildman–Crippen LogP) is 2.20. The van der Waals surface area contributed by atoms with Gasteiger partial charge < -0.3 is 5.73 Å². The van der Waals surface area contributed by atoms with E-state index in [1.807, 2.05) is 6.92 Å². The van der Waals surface area contributed by atoms with Gasteiger partial charge in [0.2, 0.25) is 5.95 Å².